The van der Waals surface area contributed by atoms with Crippen molar-refractivity contribution in [3.8, 4) is 6.07 Å². The van der Waals surface area contributed by atoms with Crippen molar-refractivity contribution in [2.75, 3.05) is 13.1 Å². The number of nitrogens with zero attached hydrogens (tertiary/aromatic N) is 2. The van der Waals surface area contributed by atoms with Gasteiger partial charge in [0.25, 0.3) is 0 Å². The molecule has 0 heterocycles. The van der Waals surface area contributed by atoms with Gasteiger partial charge in [-0.05, 0) is 18.7 Å². The predicted octanol–water partition coefficient (Wildman–Crippen LogP) is 3.15. The van der Waals surface area contributed by atoms with E-state index in [0.29, 0.717) is 5.57 Å². The maximum atomic E-state index is 9.03. The average molecular weight is 214 g/mol. The molecule has 16 heavy (non-hydrogen) atoms. The van der Waals surface area contributed by atoms with Gasteiger partial charge in [-0.15, -0.1) is 0 Å². The summed E-state index contributed by atoms with van der Waals surface area (Å²) >= 11 is 0. The molecule has 1 unspecified atom stereocenters. The lowest BCUT2D eigenvalue weighted by molar-refractivity contribution is 0.251. The van der Waals surface area contributed by atoms with Gasteiger partial charge in [-0.2, -0.15) is 5.26 Å². The summed E-state index contributed by atoms with van der Waals surface area (Å²) in [6, 6.07) is 12.3. The summed E-state index contributed by atoms with van der Waals surface area (Å²) in [7, 11) is 0. The number of nitriles is 1. The summed E-state index contributed by atoms with van der Waals surface area (Å²) in [6.07, 6.45) is 0. The summed E-state index contributed by atoms with van der Waals surface area (Å²) in [5.41, 5.74) is 1.74. The van der Waals surface area contributed by atoms with Crippen LogP contribution in [-0.4, -0.2) is 18.0 Å². The molecule has 0 radical (unpaired) electrons. The molecule has 0 spiro atoms. The van der Waals surface area contributed by atoms with Crippen LogP contribution in [0.15, 0.2) is 42.5 Å². The predicted molar refractivity (Wildman–Crippen MR) is 66.9 cm³/mol. The molecule has 0 amide bonds. The molecular formula is C14H18N2. The Morgan fingerprint density at radius 3 is 2.31 bits per heavy atom. The molecule has 0 saturated carbocycles. The van der Waals surface area contributed by atoms with Crippen molar-refractivity contribution in [1.29, 1.82) is 5.26 Å². The molecule has 1 aromatic rings. The van der Waals surface area contributed by atoms with Crippen LogP contribution in [0, 0.1) is 11.3 Å². The third-order valence-corrected chi connectivity index (χ3v) is 2.77. The fourth-order valence-corrected chi connectivity index (χ4v) is 1.92. The summed E-state index contributed by atoms with van der Waals surface area (Å²) in [6.45, 7) is 9.89. The molecule has 1 rings (SSSR count). The van der Waals surface area contributed by atoms with Gasteiger partial charge in [0.1, 0.15) is 0 Å². The van der Waals surface area contributed by atoms with Crippen molar-refractivity contribution in [2.45, 2.75) is 19.9 Å². The van der Waals surface area contributed by atoms with Crippen LogP contribution >= 0.6 is 0 Å². The normalized spacial score (nSPS) is 12.1. The summed E-state index contributed by atoms with van der Waals surface area (Å²) in [5.74, 6) is 0. The molecule has 84 valence electrons. The highest BCUT2D eigenvalue weighted by atomic mass is 15.1. The lowest BCUT2D eigenvalue weighted by Crippen LogP contribution is -2.29. The zero-order chi connectivity index (χ0) is 12.0. The van der Waals surface area contributed by atoms with E-state index in [1.54, 1.807) is 0 Å². The van der Waals surface area contributed by atoms with Gasteiger partial charge in [0, 0.05) is 5.57 Å². The lowest BCUT2D eigenvalue weighted by atomic mass is 9.99. The molecule has 0 aliphatic heterocycles. The van der Waals surface area contributed by atoms with Crippen molar-refractivity contribution >= 4 is 0 Å². The van der Waals surface area contributed by atoms with Gasteiger partial charge in [-0.3, -0.25) is 4.90 Å². The minimum Gasteiger partial charge on any atom is -0.292 e. The van der Waals surface area contributed by atoms with Crippen LogP contribution in [-0.2, 0) is 0 Å². The average Bonchev–Trinajstić information content (AvgIpc) is 2.36. The van der Waals surface area contributed by atoms with Crippen LogP contribution in [0.2, 0.25) is 0 Å². The van der Waals surface area contributed by atoms with Crippen LogP contribution in [0.5, 0.6) is 0 Å². The van der Waals surface area contributed by atoms with E-state index >= 15 is 0 Å². The summed E-state index contributed by atoms with van der Waals surface area (Å²) in [5, 5.41) is 9.03. The Hall–Kier alpha value is -1.59. The van der Waals surface area contributed by atoms with Crippen LogP contribution in [0.3, 0.4) is 0 Å². The van der Waals surface area contributed by atoms with E-state index in [1.165, 1.54) is 0 Å². The quantitative estimate of drug-likeness (QED) is 0.704. The fourth-order valence-electron chi connectivity index (χ4n) is 1.92. The van der Waals surface area contributed by atoms with Crippen molar-refractivity contribution < 1.29 is 0 Å². The zero-order valence-electron chi connectivity index (χ0n) is 9.98. The van der Waals surface area contributed by atoms with Gasteiger partial charge >= 0.3 is 0 Å². The molecule has 0 saturated heterocycles. The number of rotatable bonds is 5. The number of hydrogen-bond donors (Lipinski definition) is 0. The Balaban J connectivity index is 3.06. The Morgan fingerprint density at radius 2 is 1.88 bits per heavy atom. The SMILES string of the molecule is C=C(C#N)C(c1ccccc1)N(CC)CC. The van der Waals surface area contributed by atoms with Gasteiger partial charge in [0.2, 0.25) is 0 Å². The van der Waals surface area contributed by atoms with E-state index in [1.807, 2.05) is 30.3 Å². The molecule has 0 N–H and O–H groups in total. The Morgan fingerprint density at radius 1 is 1.31 bits per heavy atom. The van der Waals surface area contributed by atoms with E-state index in [2.05, 4.69) is 31.4 Å². The van der Waals surface area contributed by atoms with Gasteiger partial charge in [0.05, 0.1) is 12.1 Å². The third-order valence-electron chi connectivity index (χ3n) is 2.77. The maximum Gasteiger partial charge on any atom is 0.0961 e. The first-order chi connectivity index (χ1) is 7.74. The van der Waals surface area contributed by atoms with E-state index < -0.39 is 0 Å². The van der Waals surface area contributed by atoms with Gasteiger partial charge in [-0.25, -0.2) is 0 Å². The molecule has 1 atom stereocenters. The van der Waals surface area contributed by atoms with Gasteiger partial charge < -0.3 is 0 Å². The largest absolute Gasteiger partial charge is 0.292 e. The molecular weight excluding hydrogens is 196 g/mol. The number of benzene rings is 1. The summed E-state index contributed by atoms with van der Waals surface area (Å²) < 4.78 is 0. The van der Waals surface area contributed by atoms with Crippen molar-refractivity contribution in [1.82, 2.24) is 4.90 Å². The van der Waals surface area contributed by atoms with Gasteiger partial charge in [0.15, 0.2) is 0 Å². The molecule has 0 aliphatic carbocycles. The Kier molecular flexibility index (Phi) is 4.75. The van der Waals surface area contributed by atoms with E-state index in [-0.39, 0.29) is 6.04 Å². The topological polar surface area (TPSA) is 27.0 Å². The smallest absolute Gasteiger partial charge is 0.0961 e. The molecule has 1 aromatic carbocycles. The van der Waals surface area contributed by atoms with Crippen LogP contribution in [0.25, 0.3) is 0 Å². The first-order valence-corrected chi connectivity index (χ1v) is 5.62. The molecule has 0 aromatic heterocycles. The van der Waals surface area contributed by atoms with Crippen LogP contribution in [0.1, 0.15) is 25.5 Å². The highest BCUT2D eigenvalue weighted by Gasteiger charge is 2.20. The van der Waals surface area contributed by atoms with Crippen molar-refractivity contribution in [3.63, 3.8) is 0 Å². The highest BCUT2D eigenvalue weighted by Crippen LogP contribution is 2.26. The monoisotopic (exact) mass is 214 g/mol. The standard InChI is InChI=1S/C14H18N2/c1-4-16(5-2)14(12(3)11-15)13-9-7-6-8-10-13/h6-10,14H,3-5H2,1-2H3. The fraction of sp³-hybridized carbons (Fsp3) is 0.357. The molecule has 2 nitrogen and oxygen atoms in total. The zero-order valence-corrected chi connectivity index (χ0v) is 9.98. The molecule has 2 heteroatoms. The van der Waals surface area contributed by atoms with E-state index in [9.17, 15) is 0 Å². The highest BCUT2D eigenvalue weighted by molar-refractivity contribution is 5.33. The third kappa shape index (κ3) is 2.71. The Bertz CT molecular complexity index is 371. The second-order valence-electron chi connectivity index (χ2n) is 3.67. The number of hydrogen-bond acceptors (Lipinski definition) is 2. The molecule has 0 bridgehead atoms. The molecule has 0 aliphatic rings. The Labute approximate surface area is 97.8 Å². The second-order valence-corrected chi connectivity index (χ2v) is 3.67. The van der Waals surface area contributed by atoms with Crippen LogP contribution < -0.4 is 0 Å². The minimum absolute atomic E-state index is 0.0150. The summed E-state index contributed by atoms with van der Waals surface area (Å²) in [4.78, 5) is 2.24. The first-order valence-electron chi connectivity index (χ1n) is 5.62. The molecule has 0 fully saturated rings. The second kappa shape index (κ2) is 6.09. The lowest BCUT2D eigenvalue weighted by Gasteiger charge is -2.29. The van der Waals surface area contributed by atoms with Crippen molar-refractivity contribution in [3.05, 3.63) is 48.0 Å². The van der Waals surface area contributed by atoms with E-state index in [4.69, 9.17) is 5.26 Å². The van der Waals surface area contributed by atoms with Crippen LogP contribution in [0.4, 0.5) is 0 Å². The van der Waals surface area contributed by atoms with E-state index in [0.717, 1.165) is 18.7 Å². The first kappa shape index (κ1) is 12.5. The van der Waals surface area contributed by atoms with Gasteiger partial charge in [-0.1, -0.05) is 50.8 Å². The maximum absolute atomic E-state index is 9.03. The number of likely N-dealkylation sites (N-methyl/N-ethyl adjacent to an activating group) is 1. The minimum atomic E-state index is 0.0150. The van der Waals surface area contributed by atoms with Crippen molar-refractivity contribution in [2.24, 2.45) is 0 Å².